The SMILES string of the molecule is Cl.NCCNC(=O)C1CCCN(Cc2coc(-c3cccc(F)c3)n2)C1. The number of hydrogen-bond donors (Lipinski definition) is 2. The molecule has 2 aromatic rings. The summed E-state index contributed by atoms with van der Waals surface area (Å²) in [7, 11) is 0. The molecular formula is C18H24ClFN4O2. The molecule has 2 heterocycles. The van der Waals surface area contributed by atoms with Crippen molar-refractivity contribution >= 4 is 18.3 Å². The van der Waals surface area contributed by atoms with E-state index in [0.717, 1.165) is 25.1 Å². The van der Waals surface area contributed by atoms with Gasteiger partial charge < -0.3 is 15.5 Å². The first kappa shape index (κ1) is 20.4. The summed E-state index contributed by atoms with van der Waals surface area (Å²) >= 11 is 0. The highest BCUT2D eigenvalue weighted by Crippen LogP contribution is 2.22. The highest BCUT2D eigenvalue weighted by molar-refractivity contribution is 5.85. The van der Waals surface area contributed by atoms with Crippen LogP contribution in [0, 0.1) is 11.7 Å². The van der Waals surface area contributed by atoms with Crippen LogP contribution in [0.1, 0.15) is 18.5 Å². The number of likely N-dealkylation sites (tertiary alicyclic amines) is 1. The van der Waals surface area contributed by atoms with Gasteiger partial charge in [0.15, 0.2) is 0 Å². The van der Waals surface area contributed by atoms with Gasteiger partial charge in [0, 0.05) is 31.7 Å². The van der Waals surface area contributed by atoms with E-state index < -0.39 is 0 Å². The van der Waals surface area contributed by atoms with Crippen molar-refractivity contribution in [2.24, 2.45) is 11.7 Å². The van der Waals surface area contributed by atoms with Crippen molar-refractivity contribution in [1.82, 2.24) is 15.2 Å². The Morgan fingerprint density at radius 1 is 1.46 bits per heavy atom. The van der Waals surface area contributed by atoms with E-state index in [0.29, 0.717) is 37.6 Å². The average Bonchev–Trinajstić information content (AvgIpc) is 3.08. The lowest BCUT2D eigenvalue weighted by atomic mass is 9.97. The first-order valence-corrected chi connectivity index (χ1v) is 8.56. The van der Waals surface area contributed by atoms with Crippen LogP contribution < -0.4 is 11.1 Å². The summed E-state index contributed by atoms with van der Waals surface area (Å²) in [5.41, 5.74) is 6.82. The molecule has 1 aliphatic heterocycles. The number of halogens is 2. The minimum atomic E-state index is -0.320. The van der Waals surface area contributed by atoms with Gasteiger partial charge in [0.2, 0.25) is 11.8 Å². The summed E-state index contributed by atoms with van der Waals surface area (Å²) in [4.78, 5) is 18.8. The normalized spacial score (nSPS) is 17.5. The number of carbonyl (C=O) groups excluding carboxylic acids is 1. The van der Waals surface area contributed by atoms with Gasteiger partial charge in [-0.3, -0.25) is 9.69 Å². The fourth-order valence-electron chi connectivity index (χ4n) is 3.12. The Bertz CT molecular complexity index is 725. The molecule has 1 aromatic carbocycles. The molecule has 1 atom stereocenters. The van der Waals surface area contributed by atoms with Crippen molar-refractivity contribution in [1.29, 1.82) is 0 Å². The second kappa shape index (κ2) is 9.66. The number of amides is 1. The zero-order valence-electron chi connectivity index (χ0n) is 14.5. The number of nitrogens with one attached hydrogen (secondary N) is 1. The number of carbonyl (C=O) groups is 1. The van der Waals surface area contributed by atoms with Crippen LogP contribution in [-0.2, 0) is 11.3 Å². The average molecular weight is 383 g/mol. The van der Waals surface area contributed by atoms with E-state index >= 15 is 0 Å². The van der Waals surface area contributed by atoms with Crippen molar-refractivity contribution < 1.29 is 13.6 Å². The maximum absolute atomic E-state index is 13.3. The molecule has 0 spiro atoms. The Morgan fingerprint density at radius 2 is 2.31 bits per heavy atom. The van der Waals surface area contributed by atoms with E-state index in [9.17, 15) is 9.18 Å². The van der Waals surface area contributed by atoms with Crippen LogP contribution in [0.4, 0.5) is 4.39 Å². The van der Waals surface area contributed by atoms with Crippen molar-refractivity contribution in [3.05, 3.63) is 42.0 Å². The Labute approximate surface area is 158 Å². The molecule has 1 fully saturated rings. The molecule has 0 saturated carbocycles. The number of benzene rings is 1. The minimum Gasteiger partial charge on any atom is -0.444 e. The molecule has 142 valence electrons. The molecule has 26 heavy (non-hydrogen) atoms. The van der Waals surface area contributed by atoms with Gasteiger partial charge in [0.05, 0.1) is 11.6 Å². The van der Waals surface area contributed by atoms with Crippen LogP contribution in [0.3, 0.4) is 0 Å². The molecule has 3 N–H and O–H groups in total. The molecule has 0 aliphatic carbocycles. The zero-order valence-corrected chi connectivity index (χ0v) is 15.3. The van der Waals surface area contributed by atoms with Crippen LogP contribution in [0.15, 0.2) is 34.9 Å². The predicted molar refractivity (Wildman–Crippen MR) is 99.2 cm³/mol. The van der Waals surface area contributed by atoms with Gasteiger partial charge in [-0.25, -0.2) is 9.37 Å². The van der Waals surface area contributed by atoms with Gasteiger partial charge in [-0.15, -0.1) is 12.4 Å². The van der Waals surface area contributed by atoms with Crippen molar-refractivity contribution in [3.8, 4) is 11.5 Å². The number of nitrogens with two attached hydrogens (primary N) is 1. The van der Waals surface area contributed by atoms with Gasteiger partial charge in [0.1, 0.15) is 12.1 Å². The monoisotopic (exact) mass is 382 g/mol. The molecule has 0 bridgehead atoms. The van der Waals surface area contributed by atoms with E-state index in [-0.39, 0.29) is 30.0 Å². The Morgan fingerprint density at radius 3 is 3.08 bits per heavy atom. The lowest BCUT2D eigenvalue weighted by Gasteiger charge is -2.31. The quantitative estimate of drug-likeness (QED) is 0.800. The molecule has 3 rings (SSSR count). The fraction of sp³-hybridized carbons (Fsp3) is 0.444. The molecule has 1 aromatic heterocycles. The number of rotatable bonds is 6. The zero-order chi connectivity index (χ0) is 17.6. The third kappa shape index (κ3) is 5.27. The van der Waals surface area contributed by atoms with Gasteiger partial charge in [-0.2, -0.15) is 0 Å². The van der Waals surface area contributed by atoms with Gasteiger partial charge in [0.25, 0.3) is 0 Å². The molecule has 0 radical (unpaired) electrons. The maximum Gasteiger partial charge on any atom is 0.226 e. The molecular weight excluding hydrogens is 359 g/mol. The van der Waals surface area contributed by atoms with Crippen LogP contribution >= 0.6 is 12.4 Å². The van der Waals surface area contributed by atoms with Crippen molar-refractivity contribution in [2.45, 2.75) is 19.4 Å². The summed E-state index contributed by atoms with van der Waals surface area (Å²) in [6.45, 7) is 3.18. The summed E-state index contributed by atoms with van der Waals surface area (Å²) < 4.78 is 18.8. The van der Waals surface area contributed by atoms with Gasteiger partial charge in [-0.05, 0) is 37.6 Å². The van der Waals surface area contributed by atoms with E-state index in [1.165, 1.54) is 12.1 Å². The number of hydrogen-bond acceptors (Lipinski definition) is 5. The molecule has 1 aliphatic rings. The van der Waals surface area contributed by atoms with Crippen LogP contribution in [0.5, 0.6) is 0 Å². The van der Waals surface area contributed by atoms with Crippen LogP contribution in [0.2, 0.25) is 0 Å². The van der Waals surface area contributed by atoms with E-state index in [4.69, 9.17) is 10.2 Å². The summed E-state index contributed by atoms with van der Waals surface area (Å²) in [6, 6.07) is 6.17. The third-order valence-electron chi connectivity index (χ3n) is 4.33. The van der Waals surface area contributed by atoms with E-state index in [1.807, 2.05) is 0 Å². The number of aromatic nitrogens is 1. The lowest BCUT2D eigenvalue weighted by Crippen LogP contribution is -2.43. The van der Waals surface area contributed by atoms with Crippen molar-refractivity contribution in [3.63, 3.8) is 0 Å². The number of nitrogens with zero attached hydrogens (tertiary/aromatic N) is 2. The number of piperidine rings is 1. The Kier molecular flexibility index (Phi) is 7.56. The predicted octanol–water partition coefficient (Wildman–Crippen LogP) is 2.19. The third-order valence-corrected chi connectivity index (χ3v) is 4.33. The molecule has 1 amide bonds. The highest BCUT2D eigenvalue weighted by atomic mass is 35.5. The minimum absolute atomic E-state index is 0. The topological polar surface area (TPSA) is 84.4 Å². The standard InChI is InChI=1S/C18H23FN4O2.ClH/c19-15-5-1-3-13(9-15)18-22-16(12-25-18)11-23-8-2-4-14(10-23)17(24)21-7-6-20;/h1,3,5,9,12,14H,2,4,6-8,10-11,20H2,(H,21,24);1H. The fourth-order valence-corrected chi connectivity index (χ4v) is 3.12. The Balaban J connectivity index is 0.00000243. The highest BCUT2D eigenvalue weighted by Gasteiger charge is 2.26. The van der Waals surface area contributed by atoms with E-state index in [2.05, 4.69) is 15.2 Å². The second-order valence-electron chi connectivity index (χ2n) is 6.31. The smallest absolute Gasteiger partial charge is 0.226 e. The van der Waals surface area contributed by atoms with Crippen LogP contribution in [-0.4, -0.2) is 42.0 Å². The Hall–Kier alpha value is -1.96. The van der Waals surface area contributed by atoms with Crippen LogP contribution in [0.25, 0.3) is 11.5 Å². The summed E-state index contributed by atoms with van der Waals surface area (Å²) in [5.74, 6) is 0.133. The first-order chi connectivity index (χ1) is 12.2. The van der Waals surface area contributed by atoms with Gasteiger partial charge in [-0.1, -0.05) is 6.07 Å². The number of oxazole rings is 1. The second-order valence-corrected chi connectivity index (χ2v) is 6.31. The van der Waals surface area contributed by atoms with E-state index in [1.54, 1.807) is 18.4 Å². The molecule has 1 saturated heterocycles. The summed E-state index contributed by atoms with van der Waals surface area (Å²) in [6.07, 6.45) is 3.45. The first-order valence-electron chi connectivity index (χ1n) is 8.56. The molecule has 6 nitrogen and oxygen atoms in total. The largest absolute Gasteiger partial charge is 0.444 e. The lowest BCUT2D eigenvalue weighted by molar-refractivity contribution is -0.126. The summed E-state index contributed by atoms with van der Waals surface area (Å²) in [5, 5.41) is 2.86. The van der Waals surface area contributed by atoms with Crippen molar-refractivity contribution in [2.75, 3.05) is 26.2 Å². The molecule has 1 unspecified atom stereocenters. The van der Waals surface area contributed by atoms with Gasteiger partial charge >= 0.3 is 0 Å². The molecule has 8 heteroatoms. The maximum atomic E-state index is 13.3.